The van der Waals surface area contributed by atoms with Gasteiger partial charge in [-0.25, -0.2) is 8.42 Å². The van der Waals surface area contributed by atoms with Crippen molar-refractivity contribution in [2.24, 2.45) is 0 Å². The van der Waals surface area contributed by atoms with E-state index in [4.69, 9.17) is 16.3 Å². The predicted octanol–water partition coefficient (Wildman–Crippen LogP) is 3.80. The fraction of sp³-hybridized carbons (Fsp3) is 0.350. The highest BCUT2D eigenvalue weighted by Crippen LogP contribution is 2.38. The molecule has 2 aromatic carbocycles. The van der Waals surface area contributed by atoms with Gasteiger partial charge in [-0.2, -0.15) is 0 Å². The molecule has 0 unspecified atom stereocenters. The molecule has 27 heavy (non-hydrogen) atoms. The SMILES string of the molecule is COc1ccc(C)c2c1N(C(=O)CCS(=O)(=O)c1ccc(Cl)cc1)CCC2. The number of amides is 1. The molecule has 0 bridgehead atoms. The minimum Gasteiger partial charge on any atom is -0.495 e. The number of anilines is 1. The van der Waals surface area contributed by atoms with Crippen LogP contribution in [0.25, 0.3) is 0 Å². The van der Waals surface area contributed by atoms with Crippen LogP contribution < -0.4 is 9.64 Å². The fourth-order valence-corrected chi connectivity index (χ4v) is 4.74. The topological polar surface area (TPSA) is 63.7 Å². The monoisotopic (exact) mass is 407 g/mol. The number of benzene rings is 2. The zero-order valence-electron chi connectivity index (χ0n) is 15.4. The molecule has 144 valence electrons. The number of rotatable bonds is 5. The molecule has 1 aliphatic heterocycles. The van der Waals surface area contributed by atoms with E-state index in [1.54, 1.807) is 12.0 Å². The quantitative estimate of drug-likeness (QED) is 0.756. The second-order valence-corrected chi connectivity index (χ2v) is 9.13. The van der Waals surface area contributed by atoms with Gasteiger partial charge in [0.05, 0.1) is 23.4 Å². The first-order valence-corrected chi connectivity index (χ1v) is 10.8. The largest absolute Gasteiger partial charge is 0.495 e. The van der Waals surface area contributed by atoms with Gasteiger partial charge in [-0.3, -0.25) is 4.79 Å². The molecule has 0 aromatic heterocycles. The Bertz CT molecular complexity index is 955. The number of hydrogen-bond donors (Lipinski definition) is 0. The second-order valence-electron chi connectivity index (χ2n) is 6.58. The number of ether oxygens (including phenoxy) is 1. The Morgan fingerprint density at radius 1 is 1.19 bits per heavy atom. The molecule has 0 N–H and O–H groups in total. The summed E-state index contributed by atoms with van der Waals surface area (Å²) in [4.78, 5) is 14.7. The van der Waals surface area contributed by atoms with E-state index in [1.165, 1.54) is 24.3 Å². The van der Waals surface area contributed by atoms with Crippen molar-refractivity contribution in [3.05, 3.63) is 52.5 Å². The number of nitrogens with zero attached hydrogens (tertiary/aromatic N) is 1. The van der Waals surface area contributed by atoms with E-state index in [0.717, 1.165) is 29.7 Å². The maximum atomic E-state index is 12.9. The van der Waals surface area contributed by atoms with Gasteiger partial charge in [0.25, 0.3) is 0 Å². The van der Waals surface area contributed by atoms with Crippen LogP contribution in [-0.4, -0.2) is 33.7 Å². The molecule has 0 fully saturated rings. The third kappa shape index (κ3) is 4.12. The van der Waals surface area contributed by atoms with E-state index in [1.807, 2.05) is 19.1 Å². The van der Waals surface area contributed by atoms with Crippen molar-refractivity contribution in [1.29, 1.82) is 0 Å². The first kappa shape index (κ1) is 19.7. The molecular formula is C20H22ClNO4S. The highest BCUT2D eigenvalue weighted by Gasteiger charge is 2.28. The summed E-state index contributed by atoms with van der Waals surface area (Å²) in [5, 5.41) is 0.470. The predicted molar refractivity (Wildman–Crippen MR) is 107 cm³/mol. The molecule has 0 aliphatic carbocycles. The molecular weight excluding hydrogens is 386 g/mol. The van der Waals surface area contributed by atoms with Crippen molar-refractivity contribution < 1.29 is 17.9 Å². The van der Waals surface area contributed by atoms with Crippen LogP contribution in [0.2, 0.25) is 5.02 Å². The van der Waals surface area contributed by atoms with E-state index in [0.29, 0.717) is 17.3 Å². The number of fused-ring (bicyclic) bond motifs is 1. The maximum Gasteiger partial charge on any atom is 0.228 e. The average Bonchev–Trinajstić information content (AvgIpc) is 2.66. The zero-order valence-corrected chi connectivity index (χ0v) is 16.9. The highest BCUT2D eigenvalue weighted by atomic mass is 35.5. The van der Waals surface area contributed by atoms with Crippen LogP contribution in [0.3, 0.4) is 0 Å². The Labute approximate surface area is 164 Å². The smallest absolute Gasteiger partial charge is 0.228 e. The average molecular weight is 408 g/mol. The van der Waals surface area contributed by atoms with Gasteiger partial charge in [-0.1, -0.05) is 17.7 Å². The minimum atomic E-state index is -3.55. The molecule has 1 aliphatic rings. The Hall–Kier alpha value is -2.05. The number of halogens is 1. The van der Waals surface area contributed by atoms with Crippen LogP contribution >= 0.6 is 11.6 Å². The van der Waals surface area contributed by atoms with E-state index in [-0.39, 0.29) is 23.0 Å². The molecule has 1 amide bonds. The van der Waals surface area contributed by atoms with Crippen LogP contribution in [0.5, 0.6) is 5.75 Å². The summed E-state index contributed by atoms with van der Waals surface area (Å²) < 4.78 is 30.5. The van der Waals surface area contributed by atoms with Crippen LogP contribution in [0.15, 0.2) is 41.3 Å². The van der Waals surface area contributed by atoms with Crippen LogP contribution in [0.1, 0.15) is 24.0 Å². The van der Waals surface area contributed by atoms with Gasteiger partial charge in [0.2, 0.25) is 5.91 Å². The summed E-state index contributed by atoms with van der Waals surface area (Å²) >= 11 is 5.81. The normalized spacial score (nSPS) is 14.0. The third-order valence-corrected chi connectivity index (χ3v) is 6.82. The second kappa shape index (κ2) is 7.90. The molecule has 5 nitrogen and oxygen atoms in total. The Morgan fingerprint density at radius 2 is 1.89 bits per heavy atom. The van der Waals surface area contributed by atoms with Crippen LogP contribution in [0.4, 0.5) is 5.69 Å². The molecule has 0 saturated carbocycles. The van der Waals surface area contributed by atoms with Gasteiger partial charge in [-0.15, -0.1) is 0 Å². The van der Waals surface area contributed by atoms with Crippen molar-refractivity contribution in [3.63, 3.8) is 0 Å². The van der Waals surface area contributed by atoms with E-state index < -0.39 is 9.84 Å². The molecule has 7 heteroatoms. The first-order chi connectivity index (χ1) is 12.8. The van der Waals surface area contributed by atoms with E-state index in [2.05, 4.69) is 0 Å². The van der Waals surface area contributed by atoms with Gasteiger partial charge in [-0.05, 0) is 61.2 Å². The number of carbonyl (C=O) groups is 1. The van der Waals surface area contributed by atoms with Gasteiger partial charge in [0.15, 0.2) is 9.84 Å². The number of hydrogen-bond acceptors (Lipinski definition) is 4. The summed E-state index contributed by atoms with van der Waals surface area (Å²) in [6.45, 7) is 2.57. The fourth-order valence-electron chi connectivity index (χ4n) is 3.38. The molecule has 2 aromatic rings. The van der Waals surface area contributed by atoms with Crippen molar-refractivity contribution in [1.82, 2.24) is 0 Å². The molecule has 0 atom stereocenters. The Morgan fingerprint density at radius 3 is 2.56 bits per heavy atom. The third-order valence-electron chi connectivity index (χ3n) is 4.84. The zero-order chi connectivity index (χ0) is 19.6. The van der Waals surface area contributed by atoms with Gasteiger partial charge in [0.1, 0.15) is 5.75 Å². The lowest BCUT2D eigenvalue weighted by Crippen LogP contribution is -2.37. The Kier molecular flexibility index (Phi) is 5.77. The summed E-state index contributed by atoms with van der Waals surface area (Å²) in [5.41, 5.74) is 2.98. The number of carbonyl (C=O) groups excluding carboxylic acids is 1. The summed E-state index contributed by atoms with van der Waals surface area (Å²) in [7, 11) is -1.97. The number of sulfone groups is 1. The van der Waals surface area contributed by atoms with Crippen molar-refractivity contribution in [3.8, 4) is 5.75 Å². The molecule has 1 heterocycles. The van der Waals surface area contributed by atoms with Crippen molar-refractivity contribution >= 4 is 33.0 Å². The maximum absolute atomic E-state index is 12.9. The molecule has 0 spiro atoms. The lowest BCUT2D eigenvalue weighted by Gasteiger charge is -2.32. The Balaban J connectivity index is 1.80. The van der Waals surface area contributed by atoms with E-state index in [9.17, 15) is 13.2 Å². The lowest BCUT2D eigenvalue weighted by molar-refractivity contribution is -0.118. The van der Waals surface area contributed by atoms with E-state index >= 15 is 0 Å². The summed E-state index contributed by atoms with van der Waals surface area (Å²) in [6.07, 6.45) is 1.64. The standard InChI is InChI=1S/C20H22ClNO4S/c1-14-5-10-18(26-2)20-17(14)4-3-12-22(20)19(23)11-13-27(24,25)16-8-6-15(21)7-9-16/h5-10H,3-4,11-13H2,1-2H3. The lowest BCUT2D eigenvalue weighted by atomic mass is 9.96. The summed E-state index contributed by atoms with van der Waals surface area (Å²) in [6, 6.07) is 9.83. The number of methoxy groups -OCH3 is 1. The molecule has 3 rings (SSSR count). The van der Waals surface area contributed by atoms with Gasteiger partial charge >= 0.3 is 0 Å². The minimum absolute atomic E-state index is 0.0818. The molecule has 0 radical (unpaired) electrons. The van der Waals surface area contributed by atoms with Crippen LogP contribution in [0, 0.1) is 6.92 Å². The van der Waals surface area contributed by atoms with Crippen molar-refractivity contribution in [2.75, 3.05) is 24.3 Å². The van der Waals surface area contributed by atoms with Crippen LogP contribution in [-0.2, 0) is 21.1 Å². The van der Waals surface area contributed by atoms with Gasteiger partial charge < -0.3 is 9.64 Å². The van der Waals surface area contributed by atoms with Crippen molar-refractivity contribution in [2.45, 2.75) is 31.1 Å². The first-order valence-electron chi connectivity index (χ1n) is 8.78. The number of aryl methyl sites for hydroxylation is 1. The highest BCUT2D eigenvalue weighted by molar-refractivity contribution is 7.91. The molecule has 0 saturated heterocycles. The summed E-state index contributed by atoms with van der Waals surface area (Å²) in [5.74, 6) is 0.189. The van der Waals surface area contributed by atoms with Gasteiger partial charge in [0, 0.05) is 18.0 Å².